The molecule has 2 atom stereocenters. The fourth-order valence-electron chi connectivity index (χ4n) is 2.64. The van der Waals surface area contributed by atoms with E-state index in [1.54, 1.807) is 0 Å². The first-order chi connectivity index (χ1) is 8.83. The van der Waals surface area contributed by atoms with Crippen LogP contribution in [0.1, 0.15) is 44.7 Å². The summed E-state index contributed by atoms with van der Waals surface area (Å²) in [6.07, 6.45) is 6.56. The number of ether oxygens (including phenoxy) is 1. The summed E-state index contributed by atoms with van der Waals surface area (Å²) in [6.45, 7) is 2.99. The summed E-state index contributed by atoms with van der Waals surface area (Å²) in [4.78, 5) is 0. The lowest BCUT2D eigenvalue weighted by atomic mass is 9.85. The number of hydrogen-bond donors (Lipinski definition) is 1. The van der Waals surface area contributed by atoms with Crippen molar-refractivity contribution >= 4 is 0 Å². The van der Waals surface area contributed by atoms with E-state index in [-0.39, 0.29) is 0 Å². The molecule has 18 heavy (non-hydrogen) atoms. The maximum Gasteiger partial charge on any atom is 0.233 e. The summed E-state index contributed by atoms with van der Waals surface area (Å²) < 4.78 is 6.00. The Morgan fingerprint density at radius 2 is 2.11 bits per heavy atom. The average Bonchev–Trinajstić information content (AvgIpc) is 2.42. The average molecular weight is 249 g/mol. The van der Waals surface area contributed by atoms with Crippen molar-refractivity contribution in [2.75, 3.05) is 7.05 Å². The van der Waals surface area contributed by atoms with Crippen molar-refractivity contribution in [3.63, 3.8) is 0 Å². The normalized spacial score (nSPS) is 23.9. The monoisotopic (exact) mass is 249 g/mol. The Bertz CT molecular complexity index is 353. The van der Waals surface area contributed by atoms with E-state index < -0.39 is 0 Å². The topological polar surface area (TPSA) is 47.0 Å². The molecular formula is C14H23N3O. The van der Waals surface area contributed by atoms with Gasteiger partial charge in [-0.3, -0.25) is 0 Å². The van der Waals surface area contributed by atoms with E-state index in [9.17, 15) is 0 Å². The summed E-state index contributed by atoms with van der Waals surface area (Å²) in [5, 5.41) is 11.4. The Balaban J connectivity index is 1.95. The molecule has 0 spiro atoms. The molecule has 4 heteroatoms. The molecule has 1 saturated carbocycles. The van der Waals surface area contributed by atoms with Crippen molar-refractivity contribution in [3.8, 4) is 5.88 Å². The third kappa shape index (κ3) is 3.42. The van der Waals surface area contributed by atoms with Gasteiger partial charge in [0.25, 0.3) is 0 Å². The second-order valence-corrected chi connectivity index (χ2v) is 5.00. The van der Waals surface area contributed by atoms with Gasteiger partial charge in [-0.25, -0.2) is 0 Å². The third-order valence-corrected chi connectivity index (χ3v) is 3.69. The number of aromatic nitrogens is 2. The smallest absolute Gasteiger partial charge is 0.233 e. The van der Waals surface area contributed by atoms with Gasteiger partial charge in [-0.1, -0.05) is 13.3 Å². The van der Waals surface area contributed by atoms with Gasteiger partial charge in [-0.15, -0.1) is 5.10 Å². The van der Waals surface area contributed by atoms with Crippen LogP contribution in [-0.4, -0.2) is 23.3 Å². The van der Waals surface area contributed by atoms with Gasteiger partial charge in [0.2, 0.25) is 5.88 Å². The number of rotatable bonds is 5. The molecule has 1 heterocycles. The van der Waals surface area contributed by atoms with E-state index in [0.29, 0.717) is 17.9 Å². The van der Waals surface area contributed by atoms with Crippen molar-refractivity contribution < 1.29 is 4.74 Å². The van der Waals surface area contributed by atoms with Gasteiger partial charge in [0.15, 0.2) is 0 Å². The summed E-state index contributed by atoms with van der Waals surface area (Å²) >= 11 is 0. The van der Waals surface area contributed by atoms with Crippen molar-refractivity contribution in [1.29, 1.82) is 0 Å². The minimum atomic E-state index is 0.327. The van der Waals surface area contributed by atoms with Crippen LogP contribution < -0.4 is 10.1 Å². The molecule has 1 aromatic rings. The lowest BCUT2D eigenvalue weighted by molar-refractivity contribution is 0.0847. The largest absolute Gasteiger partial charge is 0.473 e. The molecule has 0 amide bonds. The molecule has 1 fully saturated rings. The van der Waals surface area contributed by atoms with Crippen LogP contribution in [0.25, 0.3) is 0 Å². The number of nitrogens with one attached hydrogen (secondary N) is 1. The first-order valence-electron chi connectivity index (χ1n) is 6.97. The van der Waals surface area contributed by atoms with Gasteiger partial charge in [-0.2, -0.15) is 5.10 Å². The molecule has 0 radical (unpaired) electrons. The third-order valence-electron chi connectivity index (χ3n) is 3.69. The van der Waals surface area contributed by atoms with E-state index in [0.717, 1.165) is 18.7 Å². The molecule has 0 saturated heterocycles. The summed E-state index contributed by atoms with van der Waals surface area (Å²) in [7, 11) is 1.90. The molecule has 1 N–H and O–H groups in total. The zero-order valence-corrected chi connectivity index (χ0v) is 11.4. The highest BCUT2D eigenvalue weighted by Crippen LogP contribution is 2.29. The lowest BCUT2D eigenvalue weighted by Gasteiger charge is -2.30. The second kappa shape index (κ2) is 6.69. The predicted octanol–water partition coefficient (Wildman–Crippen LogP) is 2.54. The zero-order chi connectivity index (χ0) is 12.8. The highest BCUT2D eigenvalue weighted by Gasteiger charge is 2.25. The summed E-state index contributed by atoms with van der Waals surface area (Å²) in [5.74, 6) is 1.35. The highest BCUT2D eigenvalue weighted by molar-refractivity contribution is 5.12. The Morgan fingerprint density at radius 3 is 2.78 bits per heavy atom. The van der Waals surface area contributed by atoms with Crippen molar-refractivity contribution in [1.82, 2.24) is 15.5 Å². The number of hydrogen-bond acceptors (Lipinski definition) is 4. The van der Waals surface area contributed by atoms with Crippen molar-refractivity contribution in [2.24, 2.45) is 5.92 Å². The van der Waals surface area contributed by atoms with Crippen LogP contribution in [0, 0.1) is 5.92 Å². The Morgan fingerprint density at radius 1 is 1.28 bits per heavy atom. The van der Waals surface area contributed by atoms with Crippen LogP contribution in [0.2, 0.25) is 0 Å². The molecule has 0 aliphatic heterocycles. The Labute approximate surface area is 109 Å². The minimum Gasteiger partial charge on any atom is -0.473 e. The second-order valence-electron chi connectivity index (χ2n) is 5.00. The van der Waals surface area contributed by atoms with E-state index in [1.165, 1.54) is 25.7 Å². The first kappa shape index (κ1) is 13.3. The SMILES string of the molecule is CCC1CCCCC1Oc1ccc(CNC)nn1. The fourth-order valence-corrected chi connectivity index (χ4v) is 2.64. The molecule has 0 aromatic carbocycles. The molecule has 0 bridgehead atoms. The van der Waals surface area contributed by atoms with E-state index >= 15 is 0 Å². The molecule has 1 aliphatic carbocycles. The fraction of sp³-hybridized carbons (Fsp3) is 0.714. The Kier molecular flexibility index (Phi) is 4.93. The summed E-state index contributed by atoms with van der Waals surface area (Å²) in [5.41, 5.74) is 0.945. The first-order valence-corrected chi connectivity index (χ1v) is 6.97. The van der Waals surface area contributed by atoms with E-state index in [2.05, 4.69) is 22.4 Å². The van der Waals surface area contributed by atoms with Gasteiger partial charge in [0, 0.05) is 12.6 Å². The van der Waals surface area contributed by atoms with E-state index in [1.807, 2.05) is 19.2 Å². The zero-order valence-electron chi connectivity index (χ0n) is 11.4. The molecule has 2 unspecified atom stereocenters. The molecule has 1 aromatic heterocycles. The van der Waals surface area contributed by atoms with Gasteiger partial charge in [-0.05, 0) is 44.7 Å². The van der Waals surface area contributed by atoms with E-state index in [4.69, 9.17) is 4.74 Å². The van der Waals surface area contributed by atoms with Crippen LogP contribution in [0.4, 0.5) is 0 Å². The summed E-state index contributed by atoms with van der Waals surface area (Å²) in [6, 6.07) is 3.91. The van der Waals surface area contributed by atoms with Crippen LogP contribution in [0.5, 0.6) is 5.88 Å². The van der Waals surface area contributed by atoms with Crippen molar-refractivity contribution in [3.05, 3.63) is 17.8 Å². The van der Waals surface area contributed by atoms with Crippen molar-refractivity contribution in [2.45, 2.75) is 51.7 Å². The standard InChI is InChI=1S/C14H23N3O/c1-3-11-6-4-5-7-13(11)18-14-9-8-12(10-15-2)16-17-14/h8-9,11,13,15H,3-7,10H2,1-2H3. The maximum atomic E-state index is 6.00. The van der Waals surface area contributed by atoms with Crippen LogP contribution in [-0.2, 0) is 6.54 Å². The molecule has 1 aliphatic rings. The molecule has 2 rings (SSSR count). The maximum absolute atomic E-state index is 6.00. The quantitative estimate of drug-likeness (QED) is 0.871. The van der Waals surface area contributed by atoms with Gasteiger partial charge < -0.3 is 10.1 Å². The minimum absolute atomic E-state index is 0.327. The Hall–Kier alpha value is -1.16. The van der Waals surface area contributed by atoms with Gasteiger partial charge in [0.1, 0.15) is 6.10 Å². The number of nitrogens with zero attached hydrogens (tertiary/aromatic N) is 2. The van der Waals surface area contributed by atoms with Gasteiger partial charge >= 0.3 is 0 Å². The van der Waals surface area contributed by atoms with Crippen LogP contribution in [0.15, 0.2) is 12.1 Å². The van der Waals surface area contributed by atoms with Gasteiger partial charge in [0.05, 0.1) is 5.69 Å². The highest BCUT2D eigenvalue weighted by atomic mass is 16.5. The molecule has 100 valence electrons. The lowest BCUT2D eigenvalue weighted by Crippen LogP contribution is -2.30. The molecule has 4 nitrogen and oxygen atoms in total. The molecular weight excluding hydrogens is 226 g/mol. The van der Waals surface area contributed by atoms with Crippen LogP contribution in [0.3, 0.4) is 0 Å². The predicted molar refractivity (Wildman–Crippen MR) is 71.5 cm³/mol. The van der Waals surface area contributed by atoms with Crippen LogP contribution >= 0.6 is 0 Å².